The van der Waals surface area contributed by atoms with Gasteiger partial charge in [0, 0.05) is 12.1 Å². The normalized spacial score (nSPS) is 11.2. The maximum absolute atomic E-state index is 13.8. The average Bonchev–Trinajstić information content (AvgIpc) is 2.56. The van der Waals surface area contributed by atoms with Gasteiger partial charge in [-0.15, -0.1) is 0 Å². The van der Waals surface area contributed by atoms with E-state index in [4.69, 9.17) is 0 Å². The second-order valence-electron chi connectivity index (χ2n) is 4.50. The average molecular weight is 280 g/mol. The minimum absolute atomic E-state index is 0.836. The zero-order chi connectivity index (χ0) is 13.8. The predicted molar refractivity (Wildman–Crippen MR) is 81.8 cm³/mol. The van der Waals surface area contributed by atoms with E-state index in [0.29, 0.717) is 0 Å². The number of hydrogen-bond donors (Lipinski definition) is 0. The summed E-state index contributed by atoms with van der Waals surface area (Å²) in [7, 11) is -2.86. The van der Waals surface area contributed by atoms with Crippen molar-refractivity contribution in [2.75, 3.05) is 0 Å². The van der Waals surface area contributed by atoms with Gasteiger partial charge in [-0.05, 0) is 24.3 Å². The zero-order valence-corrected chi connectivity index (χ0v) is 11.9. The van der Waals surface area contributed by atoms with Crippen LogP contribution in [0, 0.1) is 0 Å². The molecule has 0 saturated heterocycles. The van der Waals surface area contributed by atoms with Gasteiger partial charge in [0.25, 0.3) is 0 Å². The SMILES string of the molecule is O=P(c1ccccc1)(c1ccccc1)[n+]1ccccc1. The summed E-state index contributed by atoms with van der Waals surface area (Å²) in [6, 6.07) is 25.0. The Labute approximate surface area is 118 Å². The Balaban J connectivity index is 2.27. The smallest absolute Gasteiger partial charge is 0.238 e. The molecule has 0 bridgehead atoms. The first-order chi connectivity index (χ1) is 9.82. The lowest BCUT2D eigenvalue weighted by Crippen LogP contribution is -2.40. The van der Waals surface area contributed by atoms with E-state index in [-0.39, 0.29) is 0 Å². The molecule has 3 heteroatoms. The second kappa shape index (κ2) is 5.44. The maximum Gasteiger partial charge on any atom is 0.380 e. The molecule has 0 aliphatic rings. The van der Waals surface area contributed by atoms with Crippen LogP contribution in [0.5, 0.6) is 0 Å². The first-order valence-corrected chi connectivity index (χ1v) is 8.16. The van der Waals surface area contributed by atoms with Crippen molar-refractivity contribution in [3.8, 4) is 0 Å². The van der Waals surface area contributed by atoms with Crippen molar-refractivity contribution < 1.29 is 8.90 Å². The first kappa shape index (κ1) is 12.8. The summed E-state index contributed by atoms with van der Waals surface area (Å²) in [4.78, 5) is 0. The molecule has 2 aromatic carbocycles. The largest absolute Gasteiger partial charge is 0.380 e. The van der Waals surface area contributed by atoms with Gasteiger partial charge in [-0.1, -0.05) is 42.5 Å². The van der Waals surface area contributed by atoms with E-state index in [1.54, 1.807) is 0 Å². The second-order valence-corrected chi connectivity index (χ2v) is 7.15. The molecule has 0 amide bonds. The third-order valence-corrected chi connectivity index (χ3v) is 6.15. The molecular weight excluding hydrogens is 265 g/mol. The highest BCUT2D eigenvalue weighted by molar-refractivity contribution is 7.72. The quantitative estimate of drug-likeness (QED) is 0.676. The summed E-state index contributed by atoms with van der Waals surface area (Å²) >= 11 is 0. The number of rotatable bonds is 3. The first-order valence-electron chi connectivity index (χ1n) is 6.50. The van der Waals surface area contributed by atoms with E-state index >= 15 is 0 Å². The summed E-state index contributed by atoms with van der Waals surface area (Å²) in [5.41, 5.74) is 0. The Kier molecular flexibility index (Phi) is 3.49. The summed E-state index contributed by atoms with van der Waals surface area (Å²) in [6.07, 6.45) is 3.72. The van der Waals surface area contributed by atoms with Gasteiger partial charge >= 0.3 is 7.29 Å². The number of benzene rings is 2. The van der Waals surface area contributed by atoms with Gasteiger partial charge < -0.3 is 0 Å². The molecule has 0 fully saturated rings. The third-order valence-electron chi connectivity index (χ3n) is 3.24. The van der Waals surface area contributed by atoms with Crippen LogP contribution in [0.1, 0.15) is 0 Å². The van der Waals surface area contributed by atoms with E-state index in [1.807, 2.05) is 95.6 Å². The molecule has 20 heavy (non-hydrogen) atoms. The Hall–Kier alpha value is -2.18. The van der Waals surface area contributed by atoms with Crippen molar-refractivity contribution in [1.29, 1.82) is 0 Å². The molecule has 0 N–H and O–H groups in total. The van der Waals surface area contributed by atoms with Gasteiger partial charge in [-0.25, -0.2) is 4.57 Å². The summed E-state index contributed by atoms with van der Waals surface area (Å²) < 4.78 is 15.6. The van der Waals surface area contributed by atoms with Crippen molar-refractivity contribution in [3.63, 3.8) is 0 Å². The van der Waals surface area contributed by atoms with Gasteiger partial charge in [0.05, 0.1) is 10.6 Å². The maximum atomic E-state index is 13.8. The predicted octanol–water partition coefficient (Wildman–Crippen LogP) is 2.75. The standard InChI is InChI=1S/C17H15NOP/c19-20(16-10-4-1-5-11-16,17-12-6-2-7-13-17)18-14-8-3-9-15-18/h1-15H/q+1. The molecule has 0 aliphatic carbocycles. The minimum atomic E-state index is -2.86. The molecule has 0 spiro atoms. The topological polar surface area (TPSA) is 20.9 Å². The highest BCUT2D eigenvalue weighted by Gasteiger charge is 2.37. The molecule has 2 nitrogen and oxygen atoms in total. The molecule has 1 heterocycles. The van der Waals surface area contributed by atoms with Crippen LogP contribution >= 0.6 is 7.29 Å². The van der Waals surface area contributed by atoms with Crippen molar-refractivity contribution in [2.45, 2.75) is 0 Å². The van der Waals surface area contributed by atoms with Gasteiger partial charge in [-0.2, -0.15) is 4.34 Å². The van der Waals surface area contributed by atoms with Crippen LogP contribution in [0.4, 0.5) is 0 Å². The summed E-state index contributed by atoms with van der Waals surface area (Å²) in [6.45, 7) is 0. The molecular formula is C17H15NOP+. The number of pyridine rings is 1. The molecule has 0 unspecified atom stereocenters. The molecule has 0 radical (unpaired) electrons. The molecule has 98 valence electrons. The lowest BCUT2D eigenvalue weighted by Gasteiger charge is -2.13. The van der Waals surface area contributed by atoms with E-state index in [1.165, 1.54) is 0 Å². The molecule has 3 aromatic rings. The Morgan fingerprint density at radius 2 is 1.00 bits per heavy atom. The minimum Gasteiger partial charge on any atom is -0.238 e. The van der Waals surface area contributed by atoms with Crippen LogP contribution in [-0.2, 0) is 4.57 Å². The molecule has 0 atom stereocenters. The van der Waals surface area contributed by atoms with Gasteiger partial charge in [-0.3, -0.25) is 0 Å². The lowest BCUT2D eigenvalue weighted by molar-refractivity contribution is -0.515. The molecule has 0 aliphatic heterocycles. The third kappa shape index (κ3) is 2.19. The van der Waals surface area contributed by atoms with Crippen LogP contribution < -0.4 is 14.9 Å². The van der Waals surface area contributed by atoms with Crippen LogP contribution in [0.2, 0.25) is 0 Å². The van der Waals surface area contributed by atoms with Crippen LogP contribution in [0.3, 0.4) is 0 Å². The van der Waals surface area contributed by atoms with Crippen LogP contribution in [-0.4, -0.2) is 0 Å². The van der Waals surface area contributed by atoms with Crippen molar-refractivity contribution in [3.05, 3.63) is 91.3 Å². The fourth-order valence-corrected chi connectivity index (χ4v) is 4.77. The van der Waals surface area contributed by atoms with Gasteiger partial charge in [0.15, 0.2) is 12.4 Å². The van der Waals surface area contributed by atoms with Crippen molar-refractivity contribution in [2.24, 2.45) is 0 Å². The zero-order valence-electron chi connectivity index (χ0n) is 11.0. The van der Waals surface area contributed by atoms with E-state index in [2.05, 4.69) is 0 Å². The van der Waals surface area contributed by atoms with Crippen LogP contribution in [0.15, 0.2) is 91.3 Å². The fourth-order valence-electron chi connectivity index (χ4n) is 2.25. The Morgan fingerprint density at radius 1 is 0.600 bits per heavy atom. The van der Waals surface area contributed by atoms with E-state index in [0.717, 1.165) is 10.6 Å². The number of hydrogen-bond acceptors (Lipinski definition) is 1. The Morgan fingerprint density at radius 3 is 1.45 bits per heavy atom. The monoisotopic (exact) mass is 280 g/mol. The van der Waals surface area contributed by atoms with Gasteiger partial charge in [0.1, 0.15) is 0 Å². The van der Waals surface area contributed by atoms with Crippen molar-refractivity contribution in [1.82, 2.24) is 0 Å². The van der Waals surface area contributed by atoms with Crippen molar-refractivity contribution >= 4 is 17.9 Å². The fraction of sp³-hybridized carbons (Fsp3) is 0. The van der Waals surface area contributed by atoms with E-state index < -0.39 is 7.29 Å². The lowest BCUT2D eigenvalue weighted by atomic mass is 10.4. The Bertz CT molecular complexity index is 623. The molecule has 1 aromatic heterocycles. The summed E-state index contributed by atoms with van der Waals surface area (Å²) in [5.74, 6) is 0. The highest BCUT2D eigenvalue weighted by atomic mass is 31.2. The summed E-state index contributed by atoms with van der Waals surface area (Å²) in [5, 5.41) is 1.67. The highest BCUT2D eigenvalue weighted by Crippen LogP contribution is 2.37. The van der Waals surface area contributed by atoms with E-state index in [9.17, 15) is 4.57 Å². The van der Waals surface area contributed by atoms with Gasteiger partial charge in [0.2, 0.25) is 0 Å². The molecule has 0 saturated carbocycles. The van der Waals surface area contributed by atoms with Crippen LogP contribution in [0.25, 0.3) is 0 Å². The number of nitrogens with zero attached hydrogens (tertiary/aromatic N) is 1. The molecule has 3 rings (SSSR count). The number of aromatic nitrogens is 1.